The van der Waals surface area contributed by atoms with Crippen molar-refractivity contribution in [3.63, 3.8) is 0 Å². The van der Waals surface area contributed by atoms with Crippen molar-refractivity contribution in [1.29, 1.82) is 0 Å². The fourth-order valence-electron chi connectivity index (χ4n) is 1.40. The van der Waals surface area contributed by atoms with Crippen LogP contribution < -0.4 is 0 Å². The molecule has 0 aliphatic rings. The van der Waals surface area contributed by atoms with Crippen LogP contribution in [0.4, 0.5) is 0 Å². The van der Waals surface area contributed by atoms with Crippen LogP contribution in [0.2, 0.25) is 0 Å². The average molecular weight is 200 g/mol. The summed E-state index contributed by atoms with van der Waals surface area (Å²) in [5, 5.41) is 18.3. The monoisotopic (exact) mass is 200 g/mol. The van der Waals surface area contributed by atoms with E-state index in [4.69, 9.17) is 5.11 Å². The summed E-state index contributed by atoms with van der Waals surface area (Å²) in [6.07, 6.45) is 0.684. The summed E-state index contributed by atoms with van der Waals surface area (Å²) in [7, 11) is 0. The van der Waals surface area contributed by atoms with Gasteiger partial charge >= 0.3 is 5.97 Å². The Balaban J connectivity index is 4.55. The van der Waals surface area contributed by atoms with Gasteiger partial charge in [-0.15, -0.1) is 0 Å². The molecule has 3 nitrogen and oxygen atoms in total. The molecule has 0 aromatic rings. The van der Waals surface area contributed by atoms with E-state index < -0.39 is 17.5 Å². The lowest BCUT2D eigenvalue weighted by Crippen LogP contribution is -2.27. The van der Waals surface area contributed by atoms with E-state index in [1.54, 1.807) is 0 Å². The third-order valence-corrected chi connectivity index (χ3v) is 2.73. The van der Waals surface area contributed by atoms with Crippen molar-refractivity contribution in [2.75, 3.05) is 0 Å². The van der Waals surface area contributed by atoms with Gasteiger partial charge in [-0.05, 0) is 19.8 Å². The van der Waals surface area contributed by atoms with Crippen LogP contribution in [0, 0.1) is 5.41 Å². The Bertz CT molecular complexity index is 223. The molecule has 0 saturated heterocycles. The van der Waals surface area contributed by atoms with Crippen molar-refractivity contribution in [2.45, 2.75) is 46.1 Å². The minimum Gasteiger partial charge on any atom is -0.481 e. The second-order valence-electron chi connectivity index (χ2n) is 4.18. The molecular formula is C11H20O3. The van der Waals surface area contributed by atoms with Gasteiger partial charge in [-0.3, -0.25) is 4.79 Å². The normalized spacial score (nSPS) is 17.1. The van der Waals surface area contributed by atoms with E-state index >= 15 is 0 Å². The lowest BCUT2D eigenvalue weighted by atomic mass is 9.75. The molecule has 0 fully saturated rings. The third kappa shape index (κ3) is 3.92. The fourth-order valence-corrected chi connectivity index (χ4v) is 1.40. The molecule has 2 atom stereocenters. The van der Waals surface area contributed by atoms with Crippen LogP contribution in [0.1, 0.15) is 40.0 Å². The highest BCUT2D eigenvalue weighted by molar-refractivity contribution is 5.68. The molecule has 0 heterocycles. The molecular weight excluding hydrogens is 180 g/mol. The van der Waals surface area contributed by atoms with Gasteiger partial charge in [0, 0.05) is 5.41 Å². The third-order valence-electron chi connectivity index (χ3n) is 2.73. The predicted molar refractivity (Wildman–Crippen MR) is 56.1 cm³/mol. The van der Waals surface area contributed by atoms with Crippen molar-refractivity contribution in [2.24, 2.45) is 5.41 Å². The highest BCUT2D eigenvalue weighted by Crippen LogP contribution is 2.35. The Labute approximate surface area is 85.4 Å². The second kappa shape index (κ2) is 5.15. The van der Waals surface area contributed by atoms with Gasteiger partial charge in [-0.2, -0.15) is 0 Å². The number of aliphatic carboxylic acids is 1. The van der Waals surface area contributed by atoms with E-state index in [2.05, 4.69) is 6.58 Å². The fraction of sp³-hybridized carbons (Fsp3) is 0.727. The summed E-state index contributed by atoms with van der Waals surface area (Å²) in [5.74, 6) is -0.848. The van der Waals surface area contributed by atoms with Crippen molar-refractivity contribution in [3.8, 4) is 0 Å². The second-order valence-corrected chi connectivity index (χ2v) is 4.18. The Kier molecular flexibility index (Phi) is 4.85. The molecule has 0 bridgehead atoms. The summed E-state index contributed by atoms with van der Waals surface area (Å²) in [6, 6.07) is 0. The summed E-state index contributed by atoms with van der Waals surface area (Å²) in [4.78, 5) is 10.7. The van der Waals surface area contributed by atoms with E-state index in [-0.39, 0.29) is 6.42 Å². The molecule has 0 amide bonds. The molecule has 14 heavy (non-hydrogen) atoms. The van der Waals surface area contributed by atoms with Gasteiger partial charge in [0.2, 0.25) is 0 Å². The Morgan fingerprint density at radius 1 is 1.57 bits per heavy atom. The minimum absolute atomic E-state index is 0.0272. The zero-order valence-electron chi connectivity index (χ0n) is 9.21. The Morgan fingerprint density at radius 2 is 2.07 bits per heavy atom. The number of carboxylic acid groups (broad SMARTS) is 1. The van der Waals surface area contributed by atoms with Crippen LogP contribution in [0.5, 0.6) is 0 Å². The van der Waals surface area contributed by atoms with E-state index in [0.717, 1.165) is 5.57 Å². The SMILES string of the molecule is C=C(C)C(C)(CC(=O)O)CC(O)CC. The molecule has 0 saturated carbocycles. The van der Waals surface area contributed by atoms with Gasteiger partial charge in [0.25, 0.3) is 0 Å². The highest BCUT2D eigenvalue weighted by atomic mass is 16.4. The first-order valence-corrected chi connectivity index (χ1v) is 4.87. The maximum atomic E-state index is 10.7. The molecule has 0 aliphatic heterocycles. The standard InChI is InChI=1S/C11H20O3/c1-5-9(12)6-11(4,8(2)3)7-10(13)14/h9,12H,2,5-7H2,1,3-4H3,(H,13,14). The zero-order valence-corrected chi connectivity index (χ0v) is 9.21. The quantitative estimate of drug-likeness (QED) is 0.646. The van der Waals surface area contributed by atoms with Crippen LogP contribution >= 0.6 is 0 Å². The first-order valence-electron chi connectivity index (χ1n) is 4.87. The number of allylic oxidation sites excluding steroid dienone is 1. The van der Waals surface area contributed by atoms with Gasteiger partial charge in [-0.1, -0.05) is 26.0 Å². The van der Waals surface area contributed by atoms with Crippen molar-refractivity contribution in [1.82, 2.24) is 0 Å². The van der Waals surface area contributed by atoms with Crippen LogP contribution in [0.15, 0.2) is 12.2 Å². The van der Waals surface area contributed by atoms with E-state index in [1.807, 2.05) is 20.8 Å². The van der Waals surface area contributed by atoms with E-state index in [1.165, 1.54) is 0 Å². The largest absolute Gasteiger partial charge is 0.481 e. The van der Waals surface area contributed by atoms with Gasteiger partial charge in [0.15, 0.2) is 0 Å². The first-order chi connectivity index (χ1) is 6.31. The predicted octanol–water partition coefficient (Wildman–Crippen LogP) is 2.20. The van der Waals surface area contributed by atoms with Crippen LogP contribution in [0.25, 0.3) is 0 Å². The van der Waals surface area contributed by atoms with Crippen molar-refractivity contribution in [3.05, 3.63) is 12.2 Å². The molecule has 0 rings (SSSR count). The summed E-state index contributed by atoms with van der Waals surface area (Å²) in [5.41, 5.74) is 0.314. The average Bonchev–Trinajstić information content (AvgIpc) is 2.02. The molecule has 2 N–H and O–H groups in total. The molecule has 3 heteroatoms. The number of aliphatic hydroxyl groups excluding tert-OH is 1. The molecule has 0 aromatic heterocycles. The van der Waals surface area contributed by atoms with Gasteiger partial charge < -0.3 is 10.2 Å². The summed E-state index contributed by atoms with van der Waals surface area (Å²) < 4.78 is 0. The molecule has 82 valence electrons. The van der Waals surface area contributed by atoms with Crippen LogP contribution in [-0.4, -0.2) is 22.3 Å². The number of carbonyl (C=O) groups is 1. The molecule has 0 aliphatic carbocycles. The Hall–Kier alpha value is -0.830. The molecule has 0 spiro atoms. The molecule has 2 unspecified atom stereocenters. The topological polar surface area (TPSA) is 57.5 Å². The van der Waals surface area contributed by atoms with Crippen LogP contribution in [-0.2, 0) is 4.79 Å². The number of hydrogen-bond acceptors (Lipinski definition) is 2. The summed E-state index contributed by atoms with van der Waals surface area (Å²) in [6.45, 7) is 9.32. The van der Waals surface area contributed by atoms with Crippen molar-refractivity contribution >= 4 is 5.97 Å². The van der Waals surface area contributed by atoms with Gasteiger partial charge in [0.05, 0.1) is 12.5 Å². The number of rotatable bonds is 6. The lowest BCUT2D eigenvalue weighted by molar-refractivity contribution is -0.139. The Morgan fingerprint density at radius 3 is 2.36 bits per heavy atom. The smallest absolute Gasteiger partial charge is 0.304 e. The summed E-state index contributed by atoms with van der Waals surface area (Å²) >= 11 is 0. The van der Waals surface area contributed by atoms with E-state index in [0.29, 0.717) is 12.8 Å². The molecule has 0 radical (unpaired) electrons. The van der Waals surface area contributed by atoms with E-state index in [9.17, 15) is 9.90 Å². The number of hydrogen-bond donors (Lipinski definition) is 2. The number of carboxylic acids is 1. The van der Waals surface area contributed by atoms with Gasteiger partial charge in [0.1, 0.15) is 0 Å². The highest BCUT2D eigenvalue weighted by Gasteiger charge is 2.30. The van der Waals surface area contributed by atoms with Crippen molar-refractivity contribution < 1.29 is 15.0 Å². The minimum atomic E-state index is -0.848. The first kappa shape index (κ1) is 13.2. The number of aliphatic hydroxyl groups is 1. The maximum absolute atomic E-state index is 10.7. The maximum Gasteiger partial charge on any atom is 0.304 e. The molecule has 0 aromatic carbocycles. The van der Waals surface area contributed by atoms with Gasteiger partial charge in [-0.25, -0.2) is 0 Å². The lowest BCUT2D eigenvalue weighted by Gasteiger charge is -2.30. The van der Waals surface area contributed by atoms with Crippen LogP contribution in [0.3, 0.4) is 0 Å². The zero-order chi connectivity index (χ0) is 11.4.